The second-order valence-electron chi connectivity index (χ2n) is 13.6. The van der Waals surface area contributed by atoms with E-state index < -0.39 is 34.8 Å². The van der Waals surface area contributed by atoms with Crippen molar-refractivity contribution in [3.8, 4) is 0 Å². The summed E-state index contributed by atoms with van der Waals surface area (Å²) in [4.78, 5) is 14.8. The molecule has 0 aromatic rings. The quantitative estimate of drug-likeness (QED) is 0.159. The molecule has 1 amide bonds. The van der Waals surface area contributed by atoms with Crippen molar-refractivity contribution in [3.63, 3.8) is 0 Å². The zero-order valence-electron chi connectivity index (χ0n) is 25.3. The molecule has 0 saturated carbocycles. The topological polar surface area (TPSA) is 38.8 Å². The van der Waals surface area contributed by atoms with E-state index >= 15 is 0 Å². The molecular weight excluding hydrogens is 573 g/mol. The maximum atomic E-state index is 12.9. The molecule has 1 saturated heterocycles. The van der Waals surface area contributed by atoms with Gasteiger partial charge in [0.05, 0.1) is 0 Å². The summed E-state index contributed by atoms with van der Waals surface area (Å²) in [5.74, 6) is 0. The van der Waals surface area contributed by atoms with E-state index in [1.54, 1.807) is 5.20 Å². The molecule has 4 nitrogen and oxygen atoms in total. The number of unbranched alkanes of at least 4 members (excludes halogenated alkanes) is 3. The molecule has 1 rings (SSSR count). The van der Waals surface area contributed by atoms with Crippen LogP contribution >= 0.6 is 0 Å². The Hall–Kier alpha value is 0.202. The van der Waals surface area contributed by atoms with E-state index in [-0.39, 0.29) is 17.2 Å². The van der Waals surface area contributed by atoms with Crippen molar-refractivity contribution in [1.29, 1.82) is 0 Å². The second kappa shape index (κ2) is 14.4. The zero-order valence-corrected chi connectivity index (χ0v) is 30.2. The van der Waals surface area contributed by atoms with Crippen LogP contribution in [0.1, 0.15) is 80.1 Å². The average molecular weight is 633 g/mol. The molecule has 0 unspecified atom stereocenters. The molecule has 0 aromatic heterocycles. The van der Waals surface area contributed by atoms with Crippen molar-refractivity contribution in [3.05, 3.63) is 11.4 Å². The summed E-state index contributed by atoms with van der Waals surface area (Å²) in [5.41, 5.74) is 0. The summed E-state index contributed by atoms with van der Waals surface area (Å²) in [7, 11) is -3.48. The Labute approximate surface area is 225 Å². The predicted octanol–water partition coefficient (Wildman–Crippen LogP) is 9.44. The molecule has 0 aliphatic carbocycles. The second-order valence-corrected chi connectivity index (χ2v) is 37.4. The van der Waals surface area contributed by atoms with Crippen LogP contribution in [0.5, 0.6) is 0 Å². The molecule has 0 radical (unpaired) electrons. The van der Waals surface area contributed by atoms with Crippen LogP contribution in [0, 0.1) is 0 Å². The summed E-state index contributed by atoms with van der Waals surface area (Å²) in [6.07, 6.45) is 10.2. The van der Waals surface area contributed by atoms with Crippen molar-refractivity contribution in [2.75, 3.05) is 13.2 Å². The monoisotopic (exact) mass is 633 g/mol. The first kappa shape index (κ1) is 33.2. The molecule has 1 atom stereocenters. The molecule has 0 bridgehead atoms. The molecule has 1 aliphatic heterocycles. The summed E-state index contributed by atoms with van der Waals surface area (Å²) >= 11 is -2.38. The van der Waals surface area contributed by atoms with Gasteiger partial charge in [0.2, 0.25) is 0 Å². The van der Waals surface area contributed by atoms with Gasteiger partial charge in [-0.3, -0.25) is 0 Å². The van der Waals surface area contributed by atoms with Gasteiger partial charge in [-0.2, -0.15) is 0 Å². The van der Waals surface area contributed by atoms with E-state index in [0.29, 0.717) is 13.2 Å². The van der Waals surface area contributed by atoms with Crippen LogP contribution in [0.3, 0.4) is 0 Å². The Bertz CT molecular complexity index is 661. The first-order chi connectivity index (χ1) is 16.1. The number of amides is 1. The molecular formula is C28H59NO3Si2Sn. The number of ether oxygens (including phenoxy) is 1. The van der Waals surface area contributed by atoms with Crippen LogP contribution in [-0.4, -0.2) is 65.0 Å². The van der Waals surface area contributed by atoms with E-state index in [9.17, 15) is 4.79 Å². The molecule has 0 spiro atoms. The minimum atomic E-state index is -2.38. The number of hydrogen-bond donors (Lipinski definition) is 0. The number of cyclic esters (lactones) is 1. The van der Waals surface area contributed by atoms with Crippen LogP contribution < -0.4 is 0 Å². The van der Waals surface area contributed by atoms with Gasteiger partial charge < -0.3 is 0 Å². The molecule has 0 N–H and O–H groups in total. The third kappa shape index (κ3) is 10.5. The van der Waals surface area contributed by atoms with E-state index in [4.69, 9.17) is 9.16 Å². The number of nitrogens with zero attached hydrogens (tertiary/aromatic N) is 1. The van der Waals surface area contributed by atoms with Crippen LogP contribution in [0.4, 0.5) is 4.79 Å². The molecule has 7 heteroatoms. The van der Waals surface area contributed by atoms with Crippen molar-refractivity contribution in [2.24, 2.45) is 0 Å². The van der Waals surface area contributed by atoms with E-state index in [0.717, 1.165) is 0 Å². The SMILES string of the molecule is CCC[CH2][Sn]([CH2]CCC)([CH2]CCC)[CH2]/C(=C\N1C(=O)OC[C@@H]1CO[Si](C)(C)C(C)(C)C)[Si](C)(C)C. The van der Waals surface area contributed by atoms with Gasteiger partial charge in [0.15, 0.2) is 0 Å². The molecule has 35 heavy (non-hydrogen) atoms. The van der Waals surface area contributed by atoms with Gasteiger partial charge in [0.25, 0.3) is 0 Å². The fourth-order valence-corrected chi connectivity index (χ4v) is 29.5. The van der Waals surface area contributed by atoms with Crippen molar-refractivity contribution < 1.29 is 14.0 Å². The third-order valence-corrected chi connectivity index (χ3v) is 31.5. The Balaban J connectivity index is 3.28. The first-order valence-corrected chi connectivity index (χ1v) is 28.9. The first-order valence-electron chi connectivity index (χ1n) is 14.4. The van der Waals surface area contributed by atoms with Gasteiger partial charge in [-0.1, -0.05) is 0 Å². The van der Waals surface area contributed by atoms with Gasteiger partial charge >= 0.3 is 226 Å². The molecule has 1 heterocycles. The predicted molar refractivity (Wildman–Crippen MR) is 161 cm³/mol. The van der Waals surface area contributed by atoms with Crippen molar-refractivity contribution in [1.82, 2.24) is 4.90 Å². The van der Waals surface area contributed by atoms with E-state index in [2.05, 4.69) is 80.5 Å². The summed E-state index contributed by atoms with van der Waals surface area (Å²) < 4.78 is 18.0. The maximum absolute atomic E-state index is 12.9. The number of carbonyl (C=O) groups is 1. The fourth-order valence-electron chi connectivity index (χ4n) is 4.65. The van der Waals surface area contributed by atoms with E-state index in [1.165, 1.54) is 56.3 Å². The summed E-state index contributed by atoms with van der Waals surface area (Å²) in [6.45, 7) is 26.9. The Morgan fingerprint density at radius 2 is 1.49 bits per heavy atom. The van der Waals surface area contributed by atoms with Crippen LogP contribution in [0.15, 0.2) is 11.4 Å². The molecule has 1 fully saturated rings. The zero-order chi connectivity index (χ0) is 26.9. The summed E-state index contributed by atoms with van der Waals surface area (Å²) in [5, 5.41) is 1.76. The number of hydrogen-bond acceptors (Lipinski definition) is 3. The number of rotatable bonds is 16. The van der Waals surface area contributed by atoms with Crippen LogP contribution in [-0.2, 0) is 9.16 Å². The minimum absolute atomic E-state index is 0.00509. The van der Waals surface area contributed by atoms with Crippen LogP contribution in [0.2, 0.25) is 55.5 Å². The number of allylic oxidation sites excluding steroid dienone is 1. The van der Waals surface area contributed by atoms with Gasteiger partial charge in [0.1, 0.15) is 0 Å². The Kier molecular flexibility index (Phi) is 13.7. The number of carbonyl (C=O) groups excluding carboxylic acids is 1. The molecule has 206 valence electrons. The van der Waals surface area contributed by atoms with Crippen molar-refractivity contribution in [2.45, 2.75) is 142 Å². The van der Waals surface area contributed by atoms with Gasteiger partial charge in [-0.15, -0.1) is 0 Å². The Morgan fingerprint density at radius 3 is 1.89 bits per heavy atom. The Morgan fingerprint density at radius 1 is 1.00 bits per heavy atom. The third-order valence-electron chi connectivity index (χ3n) is 8.45. The van der Waals surface area contributed by atoms with Crippen LogP contribution in [0.25, 0.3) is 0 Å². The normalized spacial score (nSPS) is 18.4. The molecule has 0 aromatic carbocycles. The van der Waals surface area contributed by atoms with Gasteiger partial charge in [-0.25, -0.2) is 0 Å². The van der Waals surface area contributed by atoms with Crippen molar-refractivity contribution >= 4 is 40.9 Å². The van der Waals surface area contributed by atoms with E-state index in [1.807, 2.05) is 4.90 Å². The molecule has 1 aliphatic rings. The standard InChI is InChI=1S/C16H32NO3Si2.3C4H9.Sn/c1-13(21(5,6)7)10-17-14(11-19-15(17)18)12-20-22(8,9)16(2,3)4;3*1-3-4-2;/h10,14H,1,11-12H2,2-9H3;3*1,3-4H2,2H3;/b13-10+;;;;/t14-;;;;/m1..../s1. The summed E-state index contributed by atoms with van der Waals surface area (Å²) in [6, 6.07) is -0.00509. The van der Waals surface area contributed by atoms with Gasteiger partial charge in [0, 0.05) is 0 Å². The average Bonchev–Trinajstić information content (AvgIpc) is 3.10. The fraction of sp³-hybridized carbons (Fsp3) is 0.893. The van der Waals surface area contributed by atoms with Gasteiger partial charge in [-0.05, 0) is 0 Å².